The maximum absolute atomic E-state index is 13.1. The predicted octanol–water partition coefficient (Wildman–Crippen LogP) is 5.38. The van der Waals surface area contributed by atoms with Gasteiger partial charge in [-0.3, -0.25) is 9.10 Å². The largest absolute Gasteiger partial charge is 0.354 e. The number of halogens is 1. The molecule has 0 unspecified atom stereocenters. The molecule has 0 aliphatic carbocycles. The summed E-state index contributed by atoms with van der Waals surface area (Å²) in [5, 5.41) is 6.31. The molecule has 0 saturated heterocycles. The first-order chi connectivity index (χ1) is 17.6. The second-order valence-electron chi connectivity index (χ2n) is 9.40. The van der Waals surface area contributed by atoms with Gasteiger partial charge in [0.2, 0.25) is 10.0 Å². The van der Waals surface area contributed by atoms with Crippen LogP contribution < -0.4 is 14.9 Å². The molecule has 1 heterocycles. The Morgan fingerprint density at radius 2 is 1.65 bits per heavy atom. The standard InChI is InChI=1S/C28H31ClN4O3S/c1-19(2)37(35,36)33(17-16-32(3)4)23-13-11-22(12-14-23)30-27(20-8-6-5-7-9-20)26-24-15-10-21(29)18-25(24)31-28(26)34/h5-15,18-19,30H,16-17H2,1-4H3,(H,31,34)/b27-26-. The molecule has 3 aromatic rings. The van der Waals surface area contributed by atoms with Gasteiger partial charge >= 0.3 is 0 Å². The molecular weight excluding hydrogens is 508 g/mol. The van der Waals surface area contributed by atoms with Gasteiger partial charge in [-0.2, -0.15) is 0 Å². The summed E-state index contributed by atoms with van der Waals surface area (Å²) in [4.78, 5) is 15.0. The van der Waals surface area contributed by atoms with Crippen LogP contribution >= 0.6 is 11.6 Å². The van der Waals surface area contributed by atoms with Crippen molar-refractivity contribution in [2.24, 2.45) is 0 Å². The van der Waals surface area contributed by atoms with Crippen molar-refractivity contribution in [2.45, 2.75) is 19.1 Å². The maximum Gasteiger partial charge on any atom is 0.258 e. The number of amides is 1. The van der Waals surface area contributed by atoms with Gasteiger partial charge in [-0.05, 0) is 69.9 Å². The fourth-order valence-electron chi connectivity index (χ4n) is 4.08. The van der Waals surface area contributed by atoms with Crippen molar-refractivity contribution in [3.05, 3.63) is 88.9 Å². The van der Waals surface area contributed by atoms with Crippen molar-refractivity contribution in [1.29, 1.82) is 0 Å². The van der Waals surface area contributed by atoms with Crippen molar-refractivity contribution in [2.75, 3.05) is 42.1 Å². The van der Waals surface area contributed by atoms with Crippen LogP contribution in [-0.2, 0) is 14.8 Å². The van der Waals surface area contributed by atoms with Gasteiger partial charge < -0.3 is 15.5 Å². The number of anilines is 3. The first kappa shape index (κ1) is 26.7. The van der Waals surface area contributed by atoms with E-state index >= 15 is 0 Å². The van der Waals surface area contributed by atoms with E-state index in [1.807, 2.05) is 67.5 Å². The number of fused-ring (bicyclic) bond motifs is 1. The summed E-state index contributed by atoms with van der Waals surface area (Å²) < 4.78 is 27.6. The van der Waals surface area contributed by atoms with Crippen LogP contribution in [0.15, 0.2) is 72.8 Å². The minimum atomic E-state index is -3.51. The molecule has 0 atom stereocenters. The first-order valence-corrected chi connectivity index (χ1v) is 13.9. The van der Waals surface area contributed by atoms with Gasteiger partial charge in [-0.15, -0.1) is 0 Å². The smallest absolute Gasteiger partial charge is 0.258 e. The molecule has 0 bridgehead atoms. The number of carbonyl (C=O) groups is 1. The Morgan fingerprint density at radius 1 is 0.973 bits per heavy atom. The number of nitrogens with zero attached hydrogens (tertiary/aromatic N) is 2. The summed E-state index contributed by atoms with van der Waals surface area (Å²) in [5.41, 5.74) is 4.73. The minimum Gasteiger partial charge on any atom is -0.354 e. The zero-order chi connectivity index (χ0) is 26.7. The van der Waals surface area contributed by atoms with E-state index in [9.17, 15) is 13.2 Å². The number of hydrogen-bond donors (Lipinski definition) is 2. The highest BCUT2D eigenvalue weighted by Gasteiger charge is 2.29. The SMILES string of the molecule is CC(C)S(=O)(=O)N(CCN(C)C)c1ccc(N/C(=C2\C(=O)Nc3cc(Cl)ccc32)c2ccccc2)cc1. The number of nitrogens with one attached hydrogen (secondary N) is 2. The predicted molar refractivity (Wildman–Crippen MR) is 153 cm³/mol. The third-order valence-electron chi connectivity index (χ3n) is 6.12. The zero-order valence-corrected chi connectivity index (χ0v) is 22.9. The fourth-order valence-corrected chi connectivity index (χ4v) is 5.51. The lowest BCUT2D eigenvalue weighted by Crippen LogP contribution is -2.40. The van der Waals surface area contributed by atoms with E-state index in [1.165, 1.54) is 4.31 Å². The molecule has 0 fully saturated rings. The number of benzene rings is 3. The maximum atomic E-state index is 13.1. The van der Waals surface area contributed by atoms with Crippen LogP contribution in [0, 0.1) is 0 Å². The van der Waals surface area contributed by atoms with Crippen molar-refractivity contribution >= 4 is 55.9 Å². The Balaban J connectivity index is 1.73. The molecule has 3 aromatic carbocycles. The van der Waals surface area contributed by atoms with Crippen LogP contribution in [-0.4, -0.2) is 51.7 Å². The van der Waals surface area contributed by atoms with Gasteiger partial charge in [0.05, 0.1) is 27.9 Å². The van der Waals surface area contributed by atoms with E-state index < -0.39 is 15.3 Å². The molecule has 2 N–H and O–H groups in total. The van der Waals surface area contributed by atoms with Crippen LogP contribution in [0.3, 0.4) is 0 Å². The molecule has 1 amide bonds. The number of sulfonamides is 1. The van der Waals surface area contributed by atoms with Crippen LogP contribution in [0.25, 0.3) is 11.3 Å². The van der Waals surface area contributed by atoms with Crippen LogP contribution in [0.2, 0.25) is 5.02 Å². The van der Waals surface area contributed by atoms with Crippen molar-refractivity contribution in [3.8, 4) is 0 Å². The van der Waals surface area contributed by atoms with Gasteiger partial charge in [-0.25, -0.2) is 8.42 Å². The van der Waals surface area contributed by atoms with Crippen molar-refractivity contribution in [3.63, 3.8) is 0 Å². The van der Waals surface area contributed by atoms with Gasteiger partial charge in [-0.1, -0.05) is 48.0 Å². The number of hydrogen-bond acceptors (Lipinski definition) is 5. The summed E-state index contributed by atoms with van der Waals surface area (Å²) in [6.45, 7) is 4.31. The molecule has 1 aliphatic heterocycles. The monoisotopic (exact) mass is 538 g/mol. The molecule has 7 nitrogen and oxygen atoms in total. The van der Waals surface area contributed by atoms with E-state index in [0.717, 1.165) is 16.8 Å². The Bertz CT molecular complexity index is 1420. The number of likely N-dealkylation sites (N-methyl/N-ethyl adjacent to an activating group) is 1. The molecule has 37 heavy (non-hydrogen) atoms. The van der Waals surface area contributed by atoms with Crippen LogP contribution in [0.5, 0.6) is 0 Å². The molecule has 4 rings (SSSR count). The first-order valence-electron chi connectivity index (χ1n) is 12.0. The van der Waals surface area contributed by atoms with Gasteiger partial charge in [0.25, 0.3) is 5.91 Å². The van der Waals surface area contributed by atoms with Gasteiger partial charge in [0, 0.05) is 29.4 Å². The summed E-state index contributed by atoms with van der Waals surface area (Å²) in [6.07, 6.45) is 0. The Morgan fingerprint density at radius 3 is 2.27 bits per heavy atom. The minimum absolute atomic E-state index is 0.224. The normalized spacial score (nSPS) is 14.5. The van der Waals surface area contributed by atoms with Crippen molar-refractivity contribution < 1.29 is 13.2 Å². The number of rotatable bonds is 9. The van der Waals surface area contributed by atoms with Gasteiger partial charge in [0.15, 0.2) is 0 Å². The third kappa shape index (κ3) is 5.82. The second kappa shape index (κ2) is 11.0. The number of carbonyl (C=O) groups excluding carboxylic acids is 1. The highest BCUT2D eigenvalue weighted by atomic mass is 35.5. The summed E-state index contributed by atoms with van der Waals surface area (Å²) >= 11 is 6.14. The summed E-state index contributed by atoms with van der Waals surface area (Å²) in [5.74, 6) is -0.224. The lowest BCUT2D eigenvalue weighted by atomic mass is 10.00. The van der Waals surface area contributed by atoms with E-state index in [4.69, 9.17) is 11.6 Å². The van der Waals surface area contributed by atoms with E-state index in [1.54, 1.807) is 38.1 Å². The molecule has 0 aromatic heterocycles. The highest BCUT2D eigenvalue weighted by molar-refractivity contribution is 7.93. The Hall–Kier alpha value is -3.33. The molecule has 1 aliphatic rings. The van der Waals surface area contributed by atoms with E-state index in [-0.39, 0.29) is 5.91 Å². The molecular formula is C28H31ClN4O3S. The summed E-state index contributed by atoms with van der Waals surface area (Å²) in [7, 11) is 0.317. The van der Waals surface area contributed by atoms with Gasteiger partial charge in [0.1, 0.15) is 0 Å². The van der Waals surface area contributed by atoms with Crippen molar-refractivity contribution in [1.82, 2.24) is 4.90 Å². The highest BCUT2D eigenvalue weighted by Crippen LogP contribution is 2.39. The quantitative estimate of drug-likeness (QED) is 0.357. The average Bonchev–Trinajstić information content (AvgIpc) is 3.18. The van der Waals surface area contributed by atoms with Crippen LogP contribution in [0.4, 0.5) is 17.1 Å². The lowest BCUT2D eigenvalue weighted by Gasteiger charge is -2.28. The Kier molecular flexibility index (Phi) is 7.92. The second-order valence-corrected chi connectivity index (χ2v) is 12.3. The zero-order valence-electron chi connectivity index (χ0n) is 21.3. The molecule has 194 valence electrons. The van der Waals surface area contributed by atoms with E-state index in [0.29, 0.717) is 40.8 Å². The molecule has 9 heteroatoms. The summed E-state index contributed by atoms with van der Waals surface area (Å²) in [6, 6.07) is 22.2. The molecule has 0 saturated carbocycles. The topological polar surface area (TPSA) is 81.8 Å². The average molecular weight is 539 g/mol. The third-order valence-corrected chi connectivity index (χ3v) is 8.55. The molecule has 0 spiro atoms. The lowest BCUT2D eigenvalue weighted by molar-refractivity contribution is -0.110. The fraction of sp³-hybridized carbons (Fsp3) is 0.250. The van der Waals surface area contributed by atoms with Crippen LogP contribution in [0.1, 0.15) is 25.0 Å². The Labute approximate surface area is 223 Å². The van der Waals surface area contributed by atoms with E-state index in [2.05, 4.69) is 10.6 Å². The molecule has 0 radical (unpaired) electrons.